The van der Waals surface area contributed by atoms with Crippen molar-refractivity contribution in [2.75, 3.05) is 85.7 Å². The molecule has 1 saturated heterocycles. The largest absolute Gasteiger partial charge is 0.444 e. The summed E-state index contributed by atoms with van der Waals surface area (Å²) in [4.78, 5) is 58.2. The Balaban J connectivity index is 1.25. The van der Waals surface area contributed by atoms with Gasteiger partial charge in [0.2, 0.25) is 17.7 Å². The summed E-state index contributed by atoms with van der Waals surface area (Å²) in [5.74, 6) is -1.67. The molecule has 1 fully saturated rings. The normalized spacial score (nSPS) is 16.3. The molecule has 4 N–H and O–H groups in total. The van der Waals surface area contributed by atoms with Gasteiger partial charge in [0.25, 0.3) is 0 Å². The van der Waals surface area contributed by atoms with Gasteiger partial charge in [0.1, 0.15) is 18.2 Å². The van der Waals surface area contributed by atoms with E-state index in [9.17, 15) is 24.3 Å². The highest BCUT2D eigenvalue weighted by Gasteiger charge is 2.44. The van der Waals surface area contributed by atoms with Gasteiger partial charge in [-0.05, 0) is 44.2 Å². The van der Waals surface area contributed by atoms with E-state index in [2.05, 4.69) is 20.9 Å². The standard InChI is InChI=1S/C40H63N5O11S/c1-28-35(57-27-44-28)30-10-8-29(9-11-30)23-43-36(48)33-22-31(46)25-45(33)37(49)32(39(2,3)4)24-42-34(47)26-55-21-20-54-19-18-53-17-16-52-15-14-51-13-12-41-38(50)56-40(5,6)7/h8-11,27,31-33,46H,12-26H2,1-7H3,(H,41,50)(H,42,47)(H,43,48)/t31-,32-,33+/m1/s1. The SMILES string of the molecule is Cc1ncsc1-c1ccc(CNC(=O)[C@@H]2C[C@@H](O)CN2C(=O)[C@@H](CNC(=O)COCCOCCOCCOCCOCCNC(=O)OC(C)(C)C)C(C)(C)C)cc1. The van der Waals surface area contributed by atoms with E-state index in [1.165, 1.54) is 4.90 Å². The van der Waals surface area contributed by atoms with E-state index in [0.29, 0.717) is 52.8 Å². The third kappa shape index (κ3) is 18.2. The van der Waals surface area contributed by atoms with E-state index in [-0.39, 0.29) is 63.6 Å². The molecule has 0 saturated carbocycles. The molecule has 16 nitrogen and oxygen atoms in total. The van der Waals surface area contributed by atoms with Crippen LogP contribution in [0.2, 0.25) is 0 Å². The molecule has 1 aromatic heterocycles. The number of aryl methyl sites for hydroxylation is 1. The number of β-amino-alcohol motifs (C(OH)–C–C–N with tert-alkyl or cyclic N) is 1. The van der Waals surface area contributed by atoms with Crippen LogP contribution in [0.1, 0.15) is 59.2 Å². The minimum atomic E-state index is -0.830. The number of nitrogens with one attached hydrogen (secondary N) is 3. The van der Waals surface area contributed by atoms with Crippen molar-refractivity contribution in [3.05, 3.63) is 41.0 Å². The maximum Gasteiger partial charge on any atom is 0.407 e. The quantitative estimate of drug-likeness (QED) is 0.113. The Morgan fingerprint density at radius 1 is 0.842 bits per heavy atom. The molecule has 0 bridgehead atoms. The topological polar surface area (TPSA) is 196 Å². The lowest BCUT2D eigenvalue weighted by Crippen LogP contribution is -2.52. The van der Waals surface area contributed by atoms with Gasteiger partial charge in [-0.3, -0.25) is 14.4 Å². The van der Waals surface area contributed by atoms with Gasteiger partial charge in [-0.1, -0.05) is 45.0 Å². The van der Waals surface area contributed by atoms with Crippen molar-refractivity contribution in [2.24, 2.45) is 11.3 Å². The van der Waals surface area contributed by atoms with Crippen molar-refractivity contribution in [3.63, 3.8) is 0 Å². The number of likely N-dealkylation sites (tertiary alicyclic amines) is 1. The number of amides is 4. The van der Waals surface area contributed by atoms with Crippen LogP contribution in [0.25, 0.3) is 10.4 Å². The molecule has 3 atom stereocenters. The van der Waals surface area contributed by atoms with Crippen LogP contribution in [-0.2, 0) is 49.3 Å². The summed E-state index contributed by atoms with van der Waals surface area (Å²) in [5.41, 5.74) is 3.66. The number of aromatic nitrogens is 1. The molecule has 2 heterocycles. The van der Waals surface area contributed by atoms with Crippen molar-refractivity contribution < 1.29 is 52.7 Å². The number of rotatable bonds is 24. The van der Waals surface area contributed by atoms with Crippen LogP contribution < -0.4 is 16.0 Å². The third-order valence-electron chi connectivity index (χ3n) is 8.78. The second-order valence-electron chi connectivity index (χ2n) is 15.7. The Labute approximate surface area is 340 Å². The number of nitrogens with zero attached hydrogens (tertiary/aromatic N) is 2. The van der Waals surface area contributed by atoms with Gasteiger partial charge in [-0.25, -0.2) is 9.78 Å². The molecule has 17 heteroatoms. The third-order valence-corrected chi connectivity index (χ3v) is 9.75. The summed E-state index contributed by atoms with van der Waals surface area (Å²) in [6, 6.07) is 7.06. The summed E-state index contributed by atoms with van der Waals surface area (Å²) < 4.78 is 32.4. The van der Waals surface area contributed by atoms with E-state index in [0.717, 1.165) is 21.7 Å². The van der Waals surface area contributed by atoms with Crippen LogP contribution in [0, 0.1) is 18.3 Å². The summed E-state index contributed by atoms with van der Waals surface area (Å²) in [7, 11) is 0. The molecule has 1 aromatic carbocycles. The summed E-state index contributed by atoms with van der Waals surface area (Å²) in [5, 5.41) is 18.8. The molecule has 0 unspecified atom stereocenters. The van der Waals surface area contributed by atoms with Crippen LogP contribution in [0.3, 0.4) is 0 Å². The smallest absolute Gasteiger partial charge is 0.407 e. The van der Waals surface area contributed by atoms with Crippen molar-refractivity contribution >= 4 is 35.2 Å². The monoisotopic (exact) mass is 821 g/mol. The maximum atomic E-state index is 13.9. The van der Waals surface area contributed by atoms with Gasteiger partial charge in [0, 0.05) is 32.6 Å². The van der Waals surface area contributed by atoms with E-state index in [1.807, 2.05) is 57.5 Å². The van der Waals surface area contributed by atoms with Crippen LogP contribution in [-0.4, -0.2) is 142 Å². The highest BCUT2D eigenvalue weighted by molar-refractivity contribution is 7.13. The van der Waals surface area contributed by atoms with Gasteiger partial charge < -0.3 is 54.4 Å². The first kappa shape index (κ1) is 47.7. The molecule has 57 heavy (non-hydrogen) atoms. The molecular weight excluding hydrogens is 759 g/mol. The van der Waals surface area contributed by atoms with Crippen molar-refractivity contribution in [1.29, 1.82) is 0 Å². The van der Waals surface area contributed by atoms with Crippen molar-refractivity contribution in [1.82, 2.24) is 25.8 Å². The average molecular weight is 822 g/mol. The van der Waals surface area contributed by atoms with Gasteiger partial charge in [-0.2, -0.15) is 0 Å². The van der Waals surface area contributed by atoms with Crippen LogP contribution in [0.4, 0.5) is 4.79 Å². The molecule has 0 radical (unpaired) electrons. The second-order valence-corrected chi connectivity index (χ2v) is 16.6. The molecule has 320 valence electrons. The van der Waals surface area contributed by atoms with Gasteiger partial charge in [0.15, 0.2) is 0 Å². The summed E-state index contributed by atoms with van der Waals surface area (Å²) >= 11 is 1.58. The summed E-state index contributed by atoms with van der Waals surface area (Å²) in [6.45, 7) is 16.7. The number of aliphatic hydroxyl groups excluding tert-OH is 1. The van der Waals surface area contributed by atoms with Crippen molar-refractivity contribution in [2.45, 2.75) is 79.2 Å². The Hall–Kier alpha value is -3.71. The van der Waals surface area contributed by atoms with Crippen LogP contribution in [0.15, 0.2) is 29.8 Å². The molecule has 1 aliphatic heterocycles. The molecule has 3 rings (SSSR count). The fraction of sp³-hybridized carbons (Fsp3) is 0.675. The van der Waals surface area contributed by atoms with E-state index in [4.69, 9.17) is 28.4 Å². The first-order chi connectivity index (χ1) is 27.0. The number of aliphatic hydroxyl groups is 1. The zero-order chi connectivity index (χ0) is 41.8. The zero-order valence-electron chi connectivity index (χ0n) is 34.6. The number of hydrogen-bond acceptors (Lipinski definition) is 13. The Kier molecular flexibility index (Phi) is 20.3. The van der Waals surface area contributed by atoms with Crippen molar-refractivity contribution in [3.8, 4) is 10.4 Å². The molecule has 1 aliphatic rings. The molecule has 0 aliphatic carbocycles. The lowest BCUT2D eigenvalue weighted by molar-refractivity contribution is -0.144. The molecular formula is C40H63N5O11S. The predicted octanol–water partition coefficient (Wildman–Crippen LogP) is 3.08. The number of hydrogen-bond donors (Lipinski definition) is 4. The first-order valence-corrected chi connectivity index (χ1v) is 20.3. The minimum Gasteiger partial charge on any atom is -0.444 e. The van der Waals surface area contributed by atoms with Crippen LogP contribution in [0.5, 0.6) is 0 Å². The van der Waals surface area contributed by atoms with E-state index in [1.54, 1.807) is 32.1 Å². The van der Waals surface area contributed by atoms with Gasteiger partial charge in [-0.15, -0.1) is 11.3 Å². The lowest BCUT2D eigenvalue weighted by Gasteiger charge is -2.35. The minimum absolute atomic E-state index is 0.0386. The highest BCUT2D eigenvalue weighted by atomic mass is 32.1. The van der Waals surface area contributed by atoms with Gasteiger partial charge >= 0.3 is 6.09 Å². The number of alkyl carbamates (subject to hydrolysis) is 1. The lowest BCUT2D eigenvalue weighted by atomic mass is 9.79. The fourth-order valence-corrected chi connectivity index (χ4v) is 6.59. The molecule has 0 spiro atoms. The Morgan fingerprint density at radius 3 is 1.96 bits per heavy atom. The predicted molar refractivity (Wildman–Crippen MR) is 215 cm³/mol. The van der Waals surface area contributed by atoms with E-state index < -0.39 is 35.2 Å². The van der Waals surface area contributed by atoms with Crippen LogP contribution >= 0.6 is 11.3 Å². The molecule has 4 amide bonds. The van der Waals surface area contributed by atoms with Gasteiger partial charge in [0.05, 0.1) is 87.6 Å². The first-order valence-electron chi connectivity index (χ1n) is 19.4. The zero-order valence-corrected chi connectivity index (χ0v) is 35.4. The second kappa shape index (κ2) is 24.3. The number of carbonyl (C=O) groups is 4. The highest BCUT2D eigenvalue weighted by Crippen LogP contribution is 2.31. The van der Waals surface area contributed by atoms with E-state index >= 15 is 0 Å². The number of benzene rings is 1. The fourth-order valence-electron chi connectivity index (χ4n) is 5.78. The molecule has 2 aromatic rings. The Bertz CT molecular complexity index is 1530. The Morgan fingerprint density at radius 2 is 1.42 bits per heavy atom. The number of carbonyl (C=O) groups excluding carboxylic acids is 4. The average Bonchev–Trinajstić information content (AvgIpc) is 3.75. The summed E-state index contributed by atoms with van der Waals surface area (Å²) in [6.07, 6.45) is -1.17. The number of ether oxygens (including phenoxy) is 6. The number of thiazole rings is 1. The maximum absolute atomic E-state index is 13.9.